The summed E-state index contributed by atoms with van der Waals surface area (Å²) in [6, 6.07) is 25.1. The highest BCUT2D eigenvalue weighted by atomic mass is 14.3. The minimum Gasteiger partial charge on any atom is -0.192 e. The van der Waals surface area contributed by atoms with Crippen LogP contribution in [0, 0.1) is 69.0 Å². The van der Waals surface area contributed by atoms with Gasteiger partial charge in [-0.3, -0.25) is 0 Å². The SMILES string of the molecule is N#Cc1ccc(C#Cc2ccc(C#Cc3ccc(C#N)c(C#N)c3)cc2)cc1C#N. The zero-order chi connectivity index (χ0) is 21.3. The van der Waals surface area contributed by atoms with Gasteiger partial charge in [-0.05, 0) is 60.7 Å². The number of hydrogen-bond donors (Lipinski definition) is 0. The maximum absolute atomic E-state index is 9.09. The maximum atomic E-state index is 9.09. The predicted molar refractivity (Wildman–Crippen MR) is 110 cm³/mol. The second-order valence-corrected chi connectivity index (χ2v) is 6.05. The summed E-state index contributed by atoms with van der Waals surface area (Å²) < 4.78 is 0. The molecule has 0 radical (unpaired) electrons. The van der Waals surface area contributed by atoms with Gasteiger partial charge in [0.2, 0.25) is 0 Å². The fourth-order valence-electron chi connectivity index (χ4n) is 2.55. The Bertz CT molecular complexity index is 1310. The van der Waals surface area contributed by atoms with Gasteiger partial charge in [0, 0.05) is 22.3 Å². The van der Waals surface area contributed by atoms with E-state index in [4.69, 9.17) is 21.0 Å². The lowest BCUT2D eigenvalue weighted by Crippen LogP contribution is -1.86. The Morgan fingerprint density at radius 1 is 0.367 bits per heavy atom. The van der Waals surface area contributed by atoms with Gasteiger partial charge in [-0.25, -0.2) is 0 Å². The molecule has 0 aliphatic rings. The molecule has 0 fully saturated rings. The minimum absolute atomic E-state index is 0.303. The van der Waals surface area contributed by atoms with E-state index in [9.17, 15) is 0 Å². The number of rotatable bonds is 0. The van der Waals surface area contributed by atoms with Crippen LogP contribution in [0.15, 0.2) is 60.7 Å². The maximum Gasteiger partial charge on any atom is 0.101 e. The van der Waals surface area contributed by atoms with Crippen molar-refractivity contribution in [3.63, 3.8) is 0 Å². The molecule has 3 rings (SSSR count). The molecule has 0 aliphatic carbocycles. The van der Waals surface area contributed by atoms with Crippen LogP contribution >= 0.6 is 0 Å². The molecule has 0 spiro atoms. The van der Waals surface area contributed by atoms with Crippen molar-refractivity contribution in [2.45, 2.75) is 0 Å². The van der Waals surface area contributed by atoms with Gasteiger partial charge >= 0.3 is 0 Å². The quantitative estimate of drug-likeness (QED) is 0.553. The van der Waals surface area contributed by atoms with Gasteiger partial charge in [-0.15, -0.1) is 0 Å². The molecule has 0 aromatic heterocycles. The van der Waals surface area contributed by atoms with Crippen LogP contribution in [-0.2, 0) is 0 Å². The van der Waals surface area contributed by atoms with Gasteiger partial charge in [-0.1, -0.05) is 23.7 Å². The van der Waals surface area contributed by atoms with E-state index in [0.717, 1.165) is 11.1 Å². The van der Waals surface area contributed by atoms with Crippen molar-refractivity contribution < 1.29 is 0 Å². The Labute approximate surface area is 174 Å². The molecular formula is C26H10N4. The van der Waals surface area contributed by atoms with E-state index in [2.05, 4.69) is 23.7 Å². The largest absolute Gasteiger partial charge is 0.192 e. The van der Waals surface area contributed by atoms with Gasteiger partial charge in [-0.2, -0.15) is 21.0 Å². The minimum atomic E-state index is 0.303. The van der Waals surface area contributed by atoms with E-state index in [1.165, 1.54) is 0 Å². The molecular weight excluding hydrogens is 368 g/mol. The second kappa shape index (κ2) is 9.09. The van der Waals surface area contributed by atoms with Crippen molar-refractivity contribution in [2.75, 3.05) is 0 Å². The highest BCUT2D eigenvalue weighted by molar-refractivity contribution is 5.54. The Kier molecular flexibility index (Phi) is 5.91. The molecule has 4 heteroatoms. The lowest BCUT2D eigenvalue weighted by Gasteiger charge is -1.96. The number of hydrogen-bond acceptors (Lipinski definition) is 4. The average molecular weight is 378 g/mol. The van der Waals surface area contributed by atoms with E-state index in [-0.39, 0.29) is 0 Å². The highest BCUT2D eigenvalue weighted by Gasteiger charge is 2.02. The van der Waals surface area contributed by atoms with Crippen LogP contribution in [0.4, 0.5) is 0 Å². The third-order valence-corrected chi connectivity index (χ3v) is 4.11. The first kappa shape index (κ1) is 19.5. The zero-order valence-corrected chi connectivity index (χ0v) is 15.6. The normalized spacial score (nSPS) is 8.67. The van der Waals surface area contributed by atoms with E-state index in [0.29, 0.717) is 33.4 Å². The van der Waals surface area contributed by atoms with Crippen LogP contribution in [0.1, 0.15) is 44.5 Å². The van der Waals surface area contributed by atoms with E-state index >= 15 is 0 Å². The summed E-state index contributed by atoms with van der Waals surface area (Å²) in [6.45, 7) is 0. The summed E-state index contributed by atoms with van der Waals surface area (Å²) >= 11 is 0. The summed E-state index contributed by atoms with van der Waals surface area (Å²) in [5.74, 6) is 12.0. The van der Waals surface area contributed by atoms with E-state index in [1.807, 2.05) is 48.5 Å². The Balaban J connectivity index is 1.78. The van der Waals surface area contributed by atoms with Gasteiger partial charge in [0.05, 0.1) is 22.3 Å². The first-order valence-corrected chi connectivity index (χ1v) is 8.69. The predicted octanol–water partition coefficient (Wildman–Crippen LogP) is 3.97. The molecule has 0 amide bonds. The van der Waals surface area contributed by atoms with Crippen LogP contribution < -0.4 is 0 Å². The van der Waals surface area contributed by atoms with Gasteiger partial charge in [0.1, 0.15) is 24.3 Å². The number of nitrogens with zero attached hydrogens (tertiary/aromatic N) is 4. The molecule has 0 saturated carbocycles. The van der Waals surface area contributed by atoms with Crippen molar-refractivity contribution in [3.05, 3.63) is 105 Å². The molecule has 0 unspecified atom stereocenters. The lowest BCUT2D eigenvalue weighted by molar-refractivity contribution is 1.42. The van der Waals surface area contributed by atoms with Crippen molar-refractivity contribution >= 4 is 0 Å². The molecule has 134 valence electrons. The number of benzene rings is 3. The van der Waals surface area contributed by atoms with Crippen LogP contribution in [0.2, 0.25) is 0 Å². The summed E-state index contributed by atoms with van der Waals surface area (Å²) in [4.78, 5) is 0. The average Bonchev–Trinajstić information content (AvgIpc) is 2.81. The first-order chi connectivity index (χ1) is 14.7. The fraction of sp³-hybridized carbons (Fsp3) is 0. The van der Waals surface area contributed by atoms with Gasteiger partial charge in [0.25, 0.3) is 0 Å². The molecule has 0 atom stereocenters. The Morgan fingerprint density at radius 2 is 0.667 bits per heavy atom. The number of nitriles is 4. The Morgan fingerprint density at radius 3 is 1.00 bits per heavy atom. The first-order valence-electron chi connectivity index (χ1n) is 8.69. The van der Waals surface area contributed by atoms with E-state index < -0.39 is 0 Å². The second-order valence-electron chi connectivity index (χ2n) is 6.05. The molecule has 0 saturated heterocycles. The molecule has 4 nitrogen and oxygen atoms in total. The summed E-state index contributed by atoms with van der Waals surface area (Å²) in [5, 5.41) is 36.1. The zero-order valence-electron chi connectivity index (χ0n) is 15.6. The third-order valence-electron chi connectivity index (χ3n) is 4.11. The van der Waals surface area contributed by atoms with Crippen molar-refractivity contribution in [1.29, 1.82) is 21.0 Å². The molecule has 0 N–H and O–H groups in total. The van der Waals surface area contributed by atoms with Crippen LogP contribution in [-0.4, -0.2) is 0 Å². The standard InChI is InChI=1S/C26H10N4/c27-15-23-11-9-21(13-25(23)17-29)7-5-19-1-2-20(4-3-19)6-8-22-10-12-24(16-28)26(14-22)18-30/h1-4,9-14H. The van der Waals surface area contributed by atoms with Crippen LogP contribution in [0.3, 0.4) is 0 Å². The van der Waals surface area contributed by atoms with Crippen LogP contribution in [0.25, 0.3) is 0 Å². The monoisotopic (exact) mass is 378 g/mol. The van der Waals surface area contributed by atoms with Crippen molar-refractivity contribution in [2.24, 2.45) is 0 Å². The topological polar surface area (TPSA) is 95.2 Å². The summed E-state index contributed by atoms with van der Waals surface area (Å²) in [5.41, 5.74) is 4.15. The third kappa shape index (κ3) is 4.52. The van der Waals surface area contributed by atoms with E-state index in [1.54, 1.807) is 36.4 Å². The van der Waals surface area contributed by atoms with Gasteiger partial charge in [0.15, 0.2) is 0 Å². The smallest absolute Gasteiger partial charge is 0.101 e. The van der Waals surface area contributed by atoms with Crippen molar-refractivity contribution in [3.8, 4) is 48.0 Å². The summed E-state index contributed by atoms with van der Waals surface area (Å²) in [7, 11) is 0. The van der Waals surface area contributed by atoms with Crippen molar-refractivity contribution in [1.82, 2.24) is 0 Å². The fourth-order valence-corrected chi connectivity index (χ4v) is 2.55. The van der Waals surface area contributed by atoms with Crippen LogP contribution in [0.5, 0.6) is 0 Å². The molecule has 3 aromatic rings. The lowest BCUT2D eigenvalue weighted by atomic mass is 10.0. The Hall–Kier alpha value is -5.26. The van der Waals surface area contributed by atoms with Gasteiger partial charge < -0.3 is 0 Å². The highest BCUT2D eigenvalue weighted by Crippen LogP contribution is 2.11. The molecule has 30 heavy (non-hydrogen) atoms. The molecule has 0 bridgehead atoms. The molecule has 3 aromatic carbocycles. The molecule has 0 heterocycles. The summed E-state index contributed by atoms with van der Waals surface area (Å²) in [6.07, 6.45) is 0. The molecule has 0 aliphatic heterocycles.